The van der Waals surface area contributed by atoms with Crippen molar-refractivity contribution in [1.82, 2.24) is 4.98 Å². The van der Waals surface area contributed by atoms with Gasteiger partial charge in [-0.25, -0.2) is 0 Å². The Morgan fingerprint density at radius 2 is 2.00 bits per heavy atom. The zero-order valence-electron chi connectivity index (χ0n) is 15.8. The lowest BCUT2D eigenvalue weighted by Gasteiger charge is -2.15. The molecule has 3 rings (SSSR count). The first-order chi connectivity index (χ1) is 13.6. The molecular weight excluding hydrogens is 358 g/mol. The number of methoxy groups -OCH3 is 1. The van der Waals surface area contributed by atoms with Crippen LogP contribution in [0.3, 0.4) is 0 Å². The number of nitrogens with zero attached hydrogens (tertiary/aromatic N) is 3. The largest absolute Gasteiger partial charge is 0.492 e. The third-order valence-corrected chi connectivity index (χ3v) is 4.31. The highest BCUT2D eigenvalue weighted by atomic mass is 16.5. The number of esters is 1. The minimum absolute atomic E-state index is 0.309. The molecule has 7 nitrogen and oxygen atoms in total. The van der Waals surface area contributed by atoms with E-state index in [-0.39, 0.29) is 0 Å². The molecule has 144 valence electrons. The van der Waals surface area contributed by atoms with Crippen LogP contribution in [-0.4, -0.2) is 38.3 Å². The van der Waals surface area contributed by atoms with Crippen LogP contribution >= 0.6 is 0 Å². The van der Waals surface area contributed by atoms with Gasteiger partial charge in [0.1, 0.15) is 23.8 Å². The average Bonchev–Trinajstić information content (AvgIpc) is 3.17. The van der Waals surface area contributed by atoms with Crippen molar-refractivity contribution in [3.05, 3.63) is 54.1 Å². The Morgan fingerprint density at radius 1 is 1.25 bits per heavy atom. The Balaban J connectivity index is 1.50. The quantitative estimate of drug-likeness (QED) is 0.555. The van der Waals surface area contributed by atoms with Gasteiger partial charge in [-0.1, -0.05) is 24.3 Å². The number of aromatic nitrogens is 1. The summed E-state index contributed by atoms with van der Waals surface area (Å²) in [5, 5.41) is 9.06. The maximum absolute atomic E-state index is 11.5. The Labute approximate surface area is 163 Å². The van der Waals surface area contributed by atoms with Crippen LogP contribution in [0.5, 0.6) is 5.75 Å². The predicted molar refractivity (Wildman–Crippen MR) is 104 cm³/mol. The van der Waals surface area contributed by atoms with Gasteiger partial charge in [-0.2, -0.15) is 10.2 Å². The molecular formula is C21H21N3O4. The molecule has 0 saturated carbocycles. The van der Waals surface area contributed by atoms with E-state index in [0.717, 1.165) is 16.7 Å². The van der Waals surface area contributed by atoms with Gasteiger partial charge in [0.05, 0.1) is 19.7 Å². The number of fused-ring (bicyclic) bond motifs is 1. The summed E-state index contributed by atoms with van der Waals surface area (Å²) >= 11 is 0. The molecule has 0 aliphatic heterocycles. The first-order valence-electron chi connectivity index (χ1n) is 8.86. The number of oxazole rings is 1. The van der Waals surface area contributed by atoms with Crippen molar-refractivity contribution in [3.63, 3.8) is 0 Å². The van der Waals surface area contributed by atoms with Gasteiger partial charge in [0.15, 0.2) is 5.58 Å². The standard InChI is InChI=1S/C21H21N3O4/c1-24(21-23-18-5-3-4-6-19(18)28-21)11-12-27-17-9-7-15(8-10-17)13-16(14-22)20(25)26-2/h3-10,16H,11-13H2,1-2H3. The summed E-state index contributed by atoms with van der Waals surface area (Å²) in [6.45, 7) is 1.06. The van der Waals surface area contributed by atoms with Crippen molar-refractivity contribution >= 4 is 23.1 Å². The lowest BCUT2D eigenvalue weighted by molar-refractivity contribution is -0.143. The number of hydrogen-bond acceptors (Lipinski definition) is 7. The molecule has 2 aromatic carbocycles. The number of nitriles is 1. The lowest BCUT2D eigenvalue weighted by Crippen LogP contribution is -2.24. The van der Waals surface area contributed by atoms with E-state index >= 15 is 0 Å². The van der Waals surface area contributed by atoms with Gasteiger partial charge in [0.2, 0.25) is 0 Å². The van der Waals surface area contributed by atoms with Crippen molar-refractivity contribution in [1.29, 1.82) is 5.26 Å². The molecule has 1 aromatic heterocycles. The first kappa shape index (κ1) is 19.2. The number of carbonyl (C=O) groups excluding carboxylic acids is 1. The van der Waals surface area contributed by atoms with E-state index in [1.54, 1.807) is 0 Å². The number of carbonyl (C=O) groups is 1. The average molecular weight is 379 g/mol. The van der Waals surface area contributed by atoms with E-state index in [9.17, 15) is 4.79 Å². The molecule has 1 atom stereocenters. The monoisotopic (exact) mass is 379 g/mol. The van der Waals surface area contributed by atoms with Crippen molar-refractivity contribution in [2.45, 2.75) is 6.42 Å². The Hall–Kier alpha value is -3.53. The van der Waals surface area contributed by atoms with Gasteiger partial charge in [0, 0.05) is 7.05 Å². The molecule has 0 aliphatic rings. The summed E-state index contributed by atoms with van der Waals surface area (Å²) in [7, 11) is 3.17. The highest BCUT2D eigenvalue weighted by Gasteiger charge is 2.18. The smallest absolute Gasteiger partial charge is 0.323 e. The highest BCUT2D eigenvalue weighted by molar-refractivity contribution is 5.75. The summed E-state index contributed by atoms with van der Waals surface area (Å²) in [6.07, 6.45) is 0.309. The van der Waals surface area contributed by atoms with Crippen LogP contribution < -0.4 is 9.64 Å². The van der Waals surface area contributed by atoms with Crippen molar-refractivity contribution in [3.8, 4) is 11.8 Å². The number of benzene rings is 2. The Kier molecular flexibility index (Phi) is 6.12. The molecule has 0 spiro atoms. The van der Waals surface area contributed by atoms with Gasteiger partial charge in [0.25, 0.3) is 6.01 Å². The second kappa shape index (κ2) is 8.91. The van der Waals surface area contributed by atoms with E-state index < -0.39 is 11.9 Å². The van der Waals surface area contributed by atoms with E-state index in [1.807, 2.05) is 66.5 Å². The summed E-state index contributed by atoms with van der Waals surface area (Å²) in [5.74, 6) is -0.618. The third-order valence-electron chi connectivity index (χ3n) is 4.31. The number of hydrogen-bond donors (Lipinski definition) is 0. The molecule has 1 heterocycles. The number of anilines is 1. The molecule has 0 bridgehead atoms. The zero-order chi connectivity index (χ0) is 19.9. The maximum Gasteiger partial charge on any atom is 0.323 e. The minimum atomic E-state index is -0.804. The zero-order valence-corrected chi connectivity index (χ0v) is 15.8. The van der Waals surface area contributed by atoms with Crippen LogP contribution in [0, 0.1) is 17.2 Å². The van der Waals surface area contributed by atoms with Crippen LogP contribution in [0.1, 0.15) is 5.56 Å². The summed E-state index contributed by atoms with van der Waals surface area (Å²) < 4.78 is 16.1. The van der Waals surface area contributed by atoms with Crippen LogP contribution in [0.4, 0.5) is 6.01 Å². The molecule has 7 heteroatoms. The SMILES string of the molecule is COC(=O)C(C#N)Cc1ccc(OCCN(C)c2nc3ccccc3o2)cc1. The Bertz CT molecular complexity index is 942. The number of para-hydroxylation sites is 2. The van der Waals surface area contributed by atoms with Gasteiger partial charge < -0.3 is 18.8 Å². The lowest BCUT2D eigenvalue weighted by atomic mass is 10.0. The van der Waals surface area contributed by atoms with Crippen LogP contribution in [0.2, 0.25) is 0 Å². The van der Waals surface area contributed by atoms with Gasteiger partial charge in [-0.05, 0) is 36.2 Å². The Morgan fingerprint density at radius 3 is 2.68 bits per heavy atom. The molecule has 3 aromatic rings. The molecule has 0 N–H and O–H groups in total. The van der Waals surface area contributed by atoms with Crippen molar-refractivity contribution < 1.29 is 18.7 Å². The van der Waals surface area contributed by atoms with Crippen LogP contribution in [0.15, 0.2) is 52.9 Å². The molecule has 0 saturated heterocycles. The third kappa shape index (κ3) is 4.60. The second-order valence-electron chi connectivity index (χ2n) is 6.29. The van der Waals surface area contributed by atoms with Crippen LogP contribution in [0.25, 0.3) is 11.1 Å². The summed E-state index contributed by atoms with van der Waals surface area (Å²) in [4.78, 5) is 17.8. The minimum Gasteiger partial charge on any atom is -0.492 e. The summed E-state index contributed by atoms with van der Waals surface area (Å²) in [6, 6.07) is 17.5. The predicted octanol–water partition coefficient (Wildman–Crippen LogP) is 3.20. The molecule has 28 heavy (non-hydrogen) atoms. The van der Waals surface area contributed by atoms with Gasteiger partial charge >= 0.3 is 5.97 Å². The summed E-state index contributed by atoms with van der Waals surface area (Å²) in [5.41, 5.74) is 2.44. The fourth-order valence-corrected chi connectivity index (χ4v) is 2.70. The number of likely N-dealkylation sites (N-methyl/N-ethyl adjacent to an activating group) is 1. The van der Waals surface area contributed by atoms with Crippen LogP contribution in [-0.2, 0) is 16.0 Å². The topological polar surface area (TPSA) is 88.6 Å². The number of ether oxygens (including phenoxy) is 2. The number of rotatable bonds is 8. The van der Waals surface area contributed by atoms with Gasteiger partial charge in [-0.3, -0.25) is 4.79 Å². The molecule has 0 aliphatic carbocycles. The van der Waals surface area contributed by atoms with E-state index in [1.165, 1.54) is 7.11 Å². The molecule has 0 amide bonds. The van der Waals surface area contributed by atoms with E-state index in [2.05, 4.69) is 9.72 Å². The second-order valence-corrected chi connectivity index (χ2v) is 6.29. The normalized spacial score (nSPS) is 11.6. The van der Waals surface area contributed by atoms with E-state index in [4.69, 9.17) is 14.4 Å². The van der Waals surface area contributed by atoms with Crippen molar-refractivity contribution in [2.24, 2.45) is 5.92 Å². The van der Waals surface area contributed by atoms with Crippen molar-refractivity contribution in [2.75, 3.05) is 32.2 Å². The molecule has 1 unspecified atom stereocenters. The molecule has 0 radical (unpaired) electrons. The highest BCUT2D eigenvalue weighted by Crippen LogP contribution is 2.21. The van der Waals surface area contributed by atoms with E-state index in [0.29, 0.717) is 31.3 Å². The molecule has 0 fully saturated rings. The fraction of sp³-hybridized carbons (Fsp3) is 0.286. The van der Waals surface area contributed by atoms with Gasteiger partial charge in [-0.15, -0.1) is 0 Å². The first-order valence-corrected chi connectivity index (χ1v) is 8.86. The fourth-order valence-electron chi connectivity index (χ4n) is 2.70. The maximum atomic E-state index is 11.5.